The minimum Gasteiger partial charge on any atom is -0.497 e. The van der Waals surface area contributed by atoms with Crippen molar-refractivity contribution in [3.63, 3.8) is 0 Å². The summed E-state index contributed by atoms with van der Waals surface area (Å²) in [5.74, 6) is -1.60. The molecule has 8 nitrogen and oxygen atoms in total. The molecule has 0 unspecified atom stereocenters. The number of hydrogen-bond acceptors (Lipinski definition) is 5. The van der Waals surface area contributed by atoms with Gasteiger partial charge in [-0.1, -0.05) is 0 Å². The molecule has 3 aromatic rings. The van der Waals surface area contributed by atoms with Crippen molar-refractivity contribution >= 4 is 17.7 Å². The number of likely N-dealkylation sites (tertiary alicyclic amines) is 1. The summed E-state index contributed by atoms with van der Waals surface area (Å²) in [4.78, 5) is 27.5. The van der Waals surface area contributed by atoms with Crippen LogP contribution in [0.15, 0.2) is 48.7 Å². The van der Waals surface area contributed by atoms with Crippen molar-refractivity contribution < 1.29 is 27.8 Å². The number of carbonyl (C=O) groups is 2. The van der Waals surface area contributed by atoms with E-state index in [-0.39, 0.29) is 23.3 Å². The number of piperidine rings is 1. The molecule has 0 spiro atoms. The van der Waals surface area contributed by atoms with Gasteiger partial charge in [0.25, 0.3) is 5.91 Å². The molecule has 2 aromatic carbocycles. The van der Waals surface area contributed by atoms with Crippen molar-refractivity contribution in [2.45, 2.75) is 45.1 Å². The molecule has 196 valence electrons. The van der Waals surface area contributed by atoms with E-state index in [0.29, 0.717) is 43.4 Å². The standard InChI is InChI=1S/C27H30F2N4O4/c1-27(2,3)37-26(35)32-13-11-17(12-14-32)24-21(25(34)31-23-10-5-18(28)15-22(23)29)16-30-33(24)19-6-8-20(36-4)9-7-19/h5-10,15-17H,11-14H2,1-4H3,(H,31,34). The smallest absolute Gasteiger partial charge is 0.410 e. The Bertz CT molecular complexity index is 1280. The number of benzene rings is 2. The van der Waals surface area contributed by atoms with Crippen molar-refractivity contribution in [3.8, 4) is 11.4 Å². The first-order valence-corrected chi connectivity index (χ1v) is 12.0. The van der Waals surface area contributed by atoms with Crippen molar-refractivity contribution in [2.24, 2.45) is 0 Å². The zero-order chi connectivity index (χ0) is 26.7. The van der Waals surface area contributed by atoms with Gasteiger partial charge in [0.15, 0.2) is 0 Å². The van der Waals surface area contributed by atoms with Crippen LogP contribution in [0, 0.1) is 11.6 Å². The number of hydrogen-bond donors (Lipinski definition) is 1. The van der Waals surface area contributed by atoms with Gasteiger partial charge in [-0.2, -0.15) is 5.10 Å². The Kier molecular flexibility index (Phi) is 7.47. The van der Waals surface area contributed by atoms with E-state index in [4.69, 9.17) is 9.47 Å². The maximum Gasteiger partial charge on any atom is 0.410 e. The topological polar surface area (TPSA) is 85.7 Å². The molecule has 4 rings (SSSR count). The van der Waals surface area contributed by atoms with Crippen LogP contribution in [0.2, 0.25) is 0 Å². The Morgan fingerprint density at radius 1 is 1.05 bits per heavy atom. The molecule has 0 aliphatic carbocycles. The normalized spacial score (nSPS) is 14.4. The van der Waals surface area contributed by atoms with Crippen LogP contribution in [0.4, 0.5) is 19.3 Å². The Labute approximate surface area is 214 Å². The lowest BCUT2D eigenvalue weighted by Gasteiger charge is -2.34. The molecule has 0 atom stereocenters. The molecule has 1 saturated heterocycles. The van der Waals surface area contributed by atoms with Gasteiger partial charge in [0.1, 0.15) is 23.0 Å². The average molecular weight is 513 g/mol. The van der Waals surface area contributed by atoms with E-state index < -0.39 is 23.1 Å². The highest BCUT2D eigenvalue weighted by atomic mass is 19.1. The van der Waals surface area contributed by atoms with E-state index in [1.807, 2.05) is 32.9 Å². The Balaban J connectivity index is 1.63. The molecule has 2 amide bonds. The summed E-state index contributed by atoms with van der Waals surface area (Å²) in [6.07, 6.45) is 2.22. The van der Waals surface area contributed by atoms with Crippen molar-refractivity contribution in [3.05, 3.63) is 71.6 Å². The van der Waals surface area contributed by atoms with Crippen LogP contribution < -0.4 is 10.1 Å². The van der Waals surface area contributed by atoms with Gasteiger partial charge in [0.05, 0.1) is 35.9 Å². The minimum atomic E-state index is -0.872. The highest BCUT2D eigenvalue weighted by molar-refractivity contribution is 6.05. The zero-order valence-electron chi connectivity index (χ0n) is 21.3. The number of amides is 2. The quantitative estimate of drug-likeness (QED) is 0.486. The van der Waals surface area contributed by atoms with E-state index in [9.17, 15) is 18.4 Å². The molecule has 37 heavy (non-hydrogen) atoms. The van der Waals surface area contributed by atoms with Crippen LogP contribution >= 0.6 is 0 Å². The molecular weight excluding hydrogens is 482 g/mol. The van der Waals surface area contributed by atoms with E-state index in [1.54, 1.807) is 28.8 Å². The molecule has 1 aliphatic rings. The Morgan fingerprint density at radius 3 is 2.32 bits per heavy atom. The van der Waals surface area contributed by atoms with Crippen LogP contribution in [0.25, 0.3) is 5.69 Å². The van der Waals surface area contributed by atoms with E-state index >= 15 is 0 Å². The lowest BCUT2D eigenvalue weighted by Crippen LogP contribution is -2.41. The first-order valence-electron chi connectivity index (χ1n) is 12.0. The number of halogens is 2. The fourth-order valence-electron chi connectivity index (χ4n) is 4.30. The summed E-state index contributed by atoms with van der Waals surface area (Å²) in [6, 6.07) is 10.2. The van der Waals surface area contributed by atoms with Gasteiger partial charge in [0.2, 0.25) is 0 Å². The second-order valence-electron chi connectivity index (χ2n) is 9.87. The molecule has 1 fully saturated rings. The van der Waals surface area contributed by atoms with E-state index in [2.05, 4.69) is 10.4 Å². The zero-order valence-corrected chi connectivity index (χ0v) is 21.3. The Morgan fingerprint density at radius 2 is 1.73 bits per heavy atom. The van der Waals surface area contributed by atoms with Crippen molar-refractivity contribution in [1.29, 1.82) is 0 Å². The van der Waals surface area contributed by atoms with Crippen LogP contribution in [-0.2, 0) is 4.74 Å². The number of anilines is 1. The summed E-state index contributed by atoms with van der Waals surface area (Å²) < 4.78 is 40.0. The minimum absolute atomic E-state index is 0.109. The van der Waals surface area contributed by atoms with Crippen LogP contribution in [0.5, 0.6) is 5.75 Å². The third kappa shape index (κ3) is 6.07. The predicted octanol–water partition coefficient (Wildman–Crippen LogP) is 5.53. The number of aromatic nitrogens is 2. The number of nitrogens with zero attached hydrogens (tertiary/aromatic N) is 3. The molecule has 1 aromatic heterocycles. The van der Waals surface area contributed by atoms with Crippen LogP contribution in [0.1, 0.15) is 55.6 Å². The SMILES string of the molecule is COc1ccc(-n2ncc(C(=O)Nc3ccc(F)cc3F)c2C2CCN(C(=O)OC(C)(C)C)CC2)cc1. The van der Waals surface area contributed by atoms with Gasteiger partial charge in [-0.3, -0.25) is 4.79 Å². The molecule has 10 heteroatoms. The summed E-state index contributed by atoms with van der Waals surface area (Å²) in [7, 11) is 1.57. The maximum absolute atomic E-state index is 14.2. The lowest BCUT2D eigenvalue weighted by molar-refractivity contribution is 0.0203. The van der Waals surface area contributed by atoms with Crippen LogP contribution in [-0.4, -0.2) is 52.5 Å². The fourth-order valence-corrected chi connectivity index (χ4v) is 4.30. The average Bonchev–Trinajstić information content (AvgIpc) is 3.30. The number of carbonyl (C=O) groups excluding carboxylic acids is 2. The third-order valence-electron chi connectivity index (χ3n) is 6.08. The predicted molar refractivity (Wildman–Crippen MR) is 134 cm³/mol. The summed E-state index contributed by atoms with van der Waals surface area (Å²) in [6.45, 7) is 6.35. The summed E-state index contributed by atoms with van der Waals surface area (Å²) in [5.41, 5.74) is 0.915. The molecule has 0 saturated carbocycles. The lowest BCUT2D eigenvalue weighted by atomic mass is 9.90. The summed E-state index contributed by atoms with van der Waals surface area (Å²) >= 11 is 0. The number of ether oxygens (including phenoxy) is 2. The van der Waals surface area contributed by atoms with Crippen LogP contribution in [0.3, 0.4) is 0 Å². The van der Waals surface area contributed by atoms with Gasteiger partial charge < -0.3 is 19.7 Å². The number of nitrogens with one attached hydrogen (secondary N) is 1. The van der Waals surface area contributed by atoms with Gasteiger partial charge in [-0.25, -0.2) is 18.3 Å². The molecule has 0 bridgehead atoms. The second kappa shape index (κ2) is 10.6. The first kappa shape index (κ1) is 26.1. The maximum atomic E-state index is 14.2. The molecule has 1 N–H and O–H groups in total. The highest BCUT2D eigenvalue weighted by Gasteiger charge is 2.32. The monoisotopic (exact) mass is 512 g/mol. The van der Waals surface area contributed by atoms with Crippen molar-refractivity contribution in [2.75, 3.05) is 25.5 Å². The fraction of sp³-hybridized carbons (Fsp3) is 0.370. The Hall–Kier alpha value is -3.95. The largest absolute Gasteiger partial charge is 0.497 e. The van der Waals surface area contributed by atoms with E-state index in [1.165, 1.54) is 12.3 Å². The van der Waals surface area contributed by atoms with Crippen molar-refractivity contribution in [1.82, 2.24) is 14.7 Å². The summed E-state index contributed by atoms with van der Waals surface area (Å²) in [5, 5.41) is 7.01. The first-order chi connectivity index (χ1) is 17.6. The second-order valence-corrected chi connectivity index (χ2v) is 9.87. The van der Waals surface area contributed by atoms with E-state index in [0.717, 1.165) is 11.8 Å². The molecule has 1 aliphatic heterocycles. The molecule has 0 radical (unpaired) electrons. The number of rotatable bonds is 5. The van der Waals surface area contributed by atoms with Gasteiger partial charge >= 0.3 is 6.09 Å². The third-order valence-corrected chi connectivity index (χ3v) is 6.08. The van der Waals surface area contributed by atoms with Gasteiger partial charge in [0, 0.05) is 25.1 Å². The molecular formula is C27H30F2N4O4. The number of methoxy groups -OCH3 is 1. The molecule has 2 heterocycles. The highest BCUT2D eigenvalue weighted by Crippen LogP contribution is 2.33. The van der Waals surface area contributed by atoms with Gasteiger partial charge in [-0.15, -0.1) is 0 Å². The van der Waals surface area contributed by atoms with Gasteiger partial charge in [-0.05, 0) is 70.0 Å².